The summed E-state index contributed by atoms with van der Waals surface area (Å²) >= 11 is 0. The van der Waals surface area contributed by atoms with Gasteiger partial charge in [-0.05, 0) is 12.1 Å². The van der Waals surface area contributed by atoms with E-state index in [1.807, 2.05) is 6.07 Å². The molecular weight excluding hydrogens is 192 g/mol. The molecule has 2 aromatic rings. The highest BCUT2D eigenvalue weighted by atomic mass is 16.4. The number of pyridine rings is 1. The fourth-order valence-corrected chi connectivity index (χ4v) is 1.48. The fraction of sp³-hybridized carbons (Fsp3) is 0. The number of rotatable bonds is 1. The molecule has 0 saturated carbocycles. The zero-order chi connectivity index (χ0) is 10.8. The van der Waals surface area contributed by atoms with Crippen LogP contribution in [0.25, 0.3) is 10.8 Å². The van der Waals surface area contributed by atoms with Crippen molar-refractivity contribution in [2.75, 3.05) is 0 Å². The van der Waals surface area contributed by atoms with E-state index < -0.39 is 5.97 Å². The SMILES string of the molecule is N#Cc1nccc2c(C(=O)O)cccc12. The number of fused-ring (bicyclic) bond motifs is 1. The molecule has 0 aliphatic carbocycles. The van der Waals surface area contributed by atoms with Crippen LogP contribution in [0.1, 0.15) is 16.1 Å². The molecule has 0 unspecified atom stereocenters. The lowest BCUT2D eigenvalue weighted by molar-refractivity contribution is 0.0699. The quantitative estimate of drug-likeness (QED) is 0.758. The van der Waals surface area contributed by atoms with Gasteiger partial charge in [0.2, 0.25) is 0 Å². The monoisotopic (exact) mass is 198 g/mol. The van der Waals surface area contributed by atoms with Crippen LogP contribution in [0.4, 0.5) is 0 Å². The molecule has 0 saturated heterocycles. The lowest BCUT2D eigenvalue weighted by Crippen LogP contribution is -1.98. The van der Waals surface area contributed by atoms with Crippen molar-refractivity contribution in [3.05, 3.63) is 41.7 Å². The summed E-state index contributed by atoms with van der Waals surface area (Å²) in [4.78, 5) is 14.8. The highest BCUT2D eigenvalue weighted by Gasteiger charge is 2.09. The maximum Gasteiger partial charge on any atom is 0.336 e. The molecule has 15 heavy (non-hydrogen) atoms. The van der Waals surface area contributed by atoms with Crippen LogP contribution in [-0.4, -0.2) is 16.1 Å². The maximum atomic E-state index is 10.9. The van der Waals surface area contributed by atoms with Gasteiger partial charge < -0.3 is 5.11 Å². The highest BCUT2D eigenvalue weighted by Crippen LogP contribution is 2.20. The predicted octanol–water partition coefficient (Wildman–Crippen LogP) is 1.80. The minimum atomic E-state index is -1.00. The summed E-state index contributed by atoms with van der Waals surface area (Å²) in [5.41, 5.74) is 0.432. The molecule has 0 aliphatic heterocycles. The van der Waals surface area contributed by atoms with Crippen molar-refractivity contribution in [1.29, 1.82) is 5.26 Å². The number of carboxylic acids is 1. The Kier molecular flexibility index (Phi) is 2.07. The van der Waals surface area contributed by atoms with Crippen LogP contribution in [0, 0.1) is 11.3 Å². The summed E-state index contributed by atoms with van der Waals surface area (Å²) in [7, 11) is 0. The topological polar surface area (TPSA) is 74.0 Å². The number of hydrogen-bond acceptors (Lipinski definition) is 3. The number of hydrogen-bond donors (Lipinski definition) is 1. The first-order chi connectivity index (χ1) is 7.24. The maximum absolute atomic E-state index is 10.9. The minimum absolute atomic E-state index is 0.186. The number of aromatic carboxylic acids is 1. The molecule has 2 rings (SSSR count). The Morgan fingerprint density at radius 3 is 2.80 bits per heavy atom. The number of nitrogens with zero attached hydrogens (tertiary/aromatic N) is 2. The zero-order valence-corrected chi connectivity index (χ0v) is 7.64. The van der Waals surface area contributed by atoms with E-state index in [2.05, 4.69) is 4.98 Å². The number of carboxylic acid groups (broad SMARTS) is 1. The van der Waals surface area contributed by atoms with Crippen LogP contribution in [0.3, 0.4) is 0 Å². The molecule has 1 heterocycles. The van der Waals surface area contributed by atoms with E-state index >= 15 is 0 Å². The van der Waals surface area contributed by atoms with E-state index in [9.17, 15) is 4.79 Å². The summed E-state index contributed by atoms with van der Waals surface area (Å²) < 4.78 is 0. The summed E-state index contributed by atoms with van der Waals surface area (Å²) in [6.45, 7) is 0. The van der Waals surface area contributed by atoms with Crippen molar-refractivity contribution >= 4 is 16.7 Å². The lowest BCUT2D eigenvalue weighted by Gasteiger charge is -2.02. The number of carbonyl (C=O) groups is 1. The molecular formula is C11H6N2O2. The third-order valence-electron chi connectivity index (χ3n) is 2.14. The van der Waals surface area contributed by atoms with Crippen LogP contribution in [0.5, 0.6) is 0 Å². The predicted molar refractivity (Wildman–Crippen MR) is 53.4 cm³/mol. The summed E-state index contributed by atoms with van der Waals surface area (Å²) in [6, 6.07) is 8.33. The third kappa shape index (κ3) is 1.40. The van der Waals surface area contributed by atoms with Gasteiger partial charge in [0.05, 0.1) is 5.56 Å². The Hall–Kier alpha value is -2.41. The first-order valence-corrected chi connectivity index (χ1v) is 4.25. The van der Waals surface area contributed by atoms with E-state index in [4.69, 9.17) is 10.4 Å². The van der Waals surface area contributed by atoms with E-state index in [1.54, 1.807) is 18.2 Å². The van der Waals surface area contributed by atoms with Gasteiger partial charge in [0.1, 0.15) is 11.8 Å². The summed E-state index contributed by atoms with van der Waals surface area (Å²) in [5.74, 6) is -1.00. The van der Waals surface area contributed by atoms with E-state index in [0.29, 0.717) is 10.8 Å². The van der Waals surface area contributed by atoms with Crippen molar-refractivity contribution in [1.82, 2.24) is 4.98 Å². The van der Waals surface area contributed by atoms with Crippen molar-refractivity contribution < 1.29 is 9.90 Å². The van der Waals surface area contributed by atoms with Gasteiger partial charge in [0.25, 0.3) is 0 Å². The molecule has 4 nitrogen and oxygen atoms in total. The molecule has 1 N–H and O–H groups in total. The van der Waals surface area contributed by atoms with Gasteiger partial charge in [-0.2, -0.15) is 5.26 Å². The number of nitriles is 1. The molecule has 0 radical (unpaired) electrons. The van der Waals surface area contributed by atoms with Gasteiger partial charge in [-0.15, -0.1) is 0 Å². The second kappa shape index (κ2) is 3.39. The average molecular weight is 198 g/mol. The molecule has 1 aromatic carbocycles. The van der Waals surface area contributed by atoms with Gasteiger partial charge in [-0.1, -0.05) is 12.1 Å². The van der Waals surface area contributed by atoms with Gasteiger partial charge in [-0.25, -0.2) is 9.78 Å². The van der Waals surface area contributed by atoms with Crippen molar-refractivity contribution in [2.45, 2.75) is 0 Å². The second-order valence-electron chi connectivity index (χ2n) is 2.98. The Labute approximate surface area is 85.4 Å². The van der Waals surface area contributed by atoms with Gasteiger partial charge in [0.15, 0.2) is 0 Å². The summed E-state index contributed by atoms with van der Waals surface area (Å²) in [5, 5.41) is 18.9. The van der Waals surface area contributed by atoms with E-state index in [0.717, 1.165) is 0 Å². The molecule has 0 bridgehead atoms. The van der Waals surface area contributed by atoms with Crippen molar-refractivity contribution in [3.63, 3.8) is 0 Å². The molecule has 72 valence electrons. The Morgan fingerprint density at radius 2 is 2.13 bits per heavy atom. The van der Waals surface area contributed by atoms with Crippen LogP contribution >= 0.6 is 0 Å². The third-order valence-corrected chi connectivity index (χ3v) is 2.14. The summed E-state index contributed by atoms with van der Waals surface area (Å²) in [6.07, 6.45) is 1.44. The van der Waals surface area contributed by atoms with E-state index in [1.165, 1.54) is 12.3 Å². The zero-order valence-electron chi connectivity index (χ0n) is 7.64. The molecule has 0 amide bonds. The van der Waals surface area contributed by atoms with Crippen LogP contribution in [0.2, 0.25) is 0 Å². The van der Waals surface area contributed by atoms with Gasteiger partial charge >= 0.3 is 5.97 Å². The molecule has 0 spiro atoms. The van der Waals surface area contributed by atoms with Gasteiger partial charge in [-0.3, -0.25) is 0 Å². The van der Waals surface area contributed by atoms with Crippen LogP contribution in [-0.2, 0) is 0 Å². The first-order valence-electron chi connectivity index (χ1n) is 4.25. The van der Waals surface area contributed by atoms with Crippen LogP contribution < -0.4 is 0 Å². The standard InChI is InChI=1S/C11H6N2O2/c12-6-10-8-2-1-3-9(11(14)15)7(8)4-5-13-10/h1-5H,(H,14,15). The van der Waals surface area contributed by atoms with E-state index in [-0.39, 0.29) is 11.3 Å². The highest BCUT2D eigenvalue weighted by molar-refractivity contribution is 6.04. The molecule has 0 fully saturated rings. The average Bonchev–Trinajstić information content (AvgIpc) is 2.27. The molecule has 1 aromatic heterocycles. The molecule has 0 atom stereocenters. The van der Waals surface area contributed by atoms with Crippen LogP contribution in [0.15, 0.2) is 30.5 Å². The van der Waals surface area contributed by atoms with Crippen molar-refractivity contribution in [3.8, 4) is 6.07 Å². The molecule has 4 heteroatoms. The normalized spacial score (nSPS) is 9.80. The van der Waals surface area contributed by atoms with Gasteiger partial charge in [0, 0.05) is 17.0 Å². The number of benzene rings is 1. The largest absolute Gasteiger partial charge is 0.478 e. The fourth-order valence-electron chi connectivity index (χ4n) is 1.48. The lowest BCUT2D eigenvalue weighted by atomic mass is 10.0. The number of aromatic nitrogens is 1. The smallest absolute Gasteiger partial charge is 0.336 e. The first kappa shape index (κ1) is 9.16. The Morgan fingerprint density at radius 1 is 1.33 bits per heavy atom. The second-order valence-corrected chi connectivity index (χ2v) is 2.98. The molecule has 0 aliphatic rings. The Balaban J connectivity index is 2.90. The minimum Gasteiger partial charge on any atom is -0.478 e. The Bertz CT molecular complexity index is 585. The van der Waals surface area contributed by atoms with Crippen molar-refractivity contribution in [2.24, 2.45) is 0 Å².